The van der Waals surface area contributed by atoms with Gasteiger partial charge in [0.25, 0.3) is 0 Å². The molecular weight excluding hydrogens is 502 g/mol. The van der Waals surface area contributed by atoms with E-state index in [-0.39, 0.29) is 24.7 Å². The molecule has 1 unspecified atom stereocenters. The van der Waals surface area contributed by atoms with Crippen LogP contribution in [0.15, 0.2) is 66.7 Å². The molecule has 1 saturated heterocycles. The number of rotatable bonds is 8. The van der Waals surface area contributed by atoms with Gasteiger partial charge in [-0.15, -0.1) is 0 Å². The summed E-state index contributed by atoms with van der Waals surface area (Å²) in [4.78, 5) is 15.3. The summed E-state index contributed by atoms with van der Waals surface area (Å²) in [6.45, 7) is 8.46. The topological polar surface area (TPSA) is 41.6 Å². The van der Waals surface area contributed by atoms with E-state index in [0.29, 0.717) is 13.2 Å². The third kappa shape index (κ3) is 6.70. The molecule has 0 aromatic heterocycles. The Morgan fingerprint density at radius 3 is 2.05 bits per heavy atom. The van der Waals surface area contributed by atoms with Crippen molar-refractivity contribution in [3.05, 3.63) is 93.5 Å². The predicted molar refractivity (Wildman–Crippen MR) is 156 cm³/mol. The van der Waals surface area contributed by atoms with Crippen LogP contribution in [0.5, 0.6) is 0 Å². The lowest BCUT2D eigenvalue weighted by molar-refractivity contribution is 0.0821. The van der Waals surface area contributed by atoms with E-state index in [9.17, 15) is 4.79 Å². The number of aryl methyl sites for hydroxylation is 2. The number of hydrogen-bond donors (Lipinski definition) is 1. The van der Waals surface area contributed by atoms with Crippen molar-refractivity contribution in [2.45, 2.75) is 45.5 Å². The Hall–Kier alpha value is -2.47. The van der Waals surface area contributed by atoms with E-state index < -0.39 is 0 Å². The molecule has 0 bridgehead atoms. The Bertz CT molecular complexity index is 1150. The molecule has 1 amide bonds. The minimum atomic E-state index is -0.252. The van der Waals surface area contributed by atoms with Crippen LogP contribution in [0.2, 0.25) is 10.0 Å². The maximum Gasteiger partial charge on any atom is 0.409 e. The molecule has 1 N–H and O–H groups in total. The summed E-state index contributed by atoms with van der Waals surface area (Å²) in [5.74, 6) is -0.0435. The van der Waals surface area contributed by atoms with Crippen LogP contribution in [-0.2, 0) is 4.74 Å². The number of nitrogens with zero attached hydrogens (tertiary/aromatic N) is 1. The molecule has 0 radical (unpaired) electrons. The van der Waals surface area contributed by atoms with Crippen LogP contribution in [0.1, 0.15) is 42.3 Å². The van der Waals surface area contributed by atoms with Crippen molar-refractivity contribution in [2.24, 2.45) is 0 Å². The first-order chi connectivity index (χ1) is 17.9. The molecule has 7 heteroatoms. The number of piperidine rings is 1. The Morgan fingerprint density at radius 2 is 1.54 bits per heavy atom. The molecule has 1 atom stereocenters. The van der Waals surface area contributed by atoms with Crippen molar-refractivity contribution in [1.29, 1.82) is 0 Å². The maximum atomic E-state index is 13.3. The molecule has 0 aliphatic carbocycles. The molecule has 1 fully saturated rings. The standard InChI is InChI=1S/C30H35BCl2N2O2/c1-4-37-30(36)35(26-14-16-34-17-15-26)20-27(23-8-6-5-7-9-23)31(24-12-10-21(2)28(32)18-24)25-13-11-22(3)29(33)19-25/h5-13,18-19,26-27,34H,4,14-17,20H2,1-3H3. The summed E-state index contributed by atoms with van der Waals surface area (Å²) in [6.07, 6.45) is 1.55. The van der Waals surface area contributed by atoms with Crippen molar-refractivity contribution in [1.82, 2.24) is 10.2 Å². The van der Waals surface area contributed by atoms with E-state index in [1.807, 2.05) is 31.7 Å². The number of nitrogens with one attached hydrogen (secondary N) is 1. The van der Waals surface area contributed by atoms with Crippen LogP contribution in [0.25, 0.3) is 0 Å². The molecule has 1 aliphatic rings. The maximum absolute atomic E-state index is 13.3. The fraction of sp³-hybridized carbons (Fsp3) is 0.367. The molecule has 37 heavy (non-hydrogen) atoms. The number of halogens is 2. The number of carbonyl (C=O) groups excluding carboxylic acids is 1. The third-order valence-corrected chi connectivity index (χ3v) is 8.20. The van der Waals surface area contributed by atoms with Crippen molar-refractivity contribution >= 4 is 46.9 Å². The van der Waals surface area contributed by atoms with Crippen molar-refractivity contribution < 1.29 is 9.53 Å². The van der Waals surface area contributed by atoms with Gasteiger partial charge >= 0.3 is 6.09 Å². The largest absolute Gasteiger partial charge is 0.450 e. The third-order valence-electron chi connectivity index (χ3n) is 7.39. The Balaban J connectivity index is 1.86. The second-order valence-corrected chi connectivity index (χ2v) is 10.7. The molecule has 1 heterocycles. The first-order valence-electron chi connectivity index (χ1n) is 13.1. The highest BCUT2D eigenvalue weighted by Crippen LogP contribution is 2.26. The summed E-state index contributed by atoms with van der Waals surface area (Å²) in [5.41, 5.74) is 5.41. The van der Waals surface area contributed by atoms with E-state index in [4.69, 9.17) is 27.9 Å². The second kappa shape index (κ2) is 12.9. The highest BCUT2D eigenvalue weighted by Gasteiger charge is 2.36. The molecular formula is C30H35BCl2N2O2. The zero-order valence-electron chi connectivity index (χ0n) is 21.8. The van der Waals surface area contributed by atoms with Crippen molar-refractivity contribution in [3.63, 3.8) is 0 Å². The van der Waals surface area contributed by atoms with Crippen LogP contribution in [0.4, 0.5) is 4.79 Å². The molecule has 0 spiro atoms. The molecule has 4 rings (SSSR count). The average molecular weight is 537 g/mol. The van der Waals surface area contributed by atoms with Crippen LogP contribution in [0.3, 0.4) is 0 Å². The minimum Gasteiger partial charge on any atom is -0.450 e. The number of benzene rings is 3. The van der Waals surface area contributed by atoms with E-state index >= 15 is 0 Å². The molecule has 194 valence electrons. The smallest absolute Gasteiger partial charge is 0.409 e. The lowest BCUT2D eigenvalue weighted by atomic mass is 9.32. The van der Waals surface area contributed by atoms with Gasteiger partial charge in [0.1, 0.15) is 0 Å². The van der Waals surface area contributed by atoms with Crippen molar-refractivity contribution in [2.75, 3.05) is 26.2 Å². The van der Waals surface area contributed by atoms with Gasteiger partial charge in [-0.2, -0.15) is 0 Å². The van der Waals surface area contributed by atoms with Gasteiger partial charge in [0, 0.05) is 22.6 Å². The van der Waals surface area contributed by atoms with Gasteiger partial charge < -0.3 is 15.0 Å². The first kappa shape index (κ1) is 27.6. The summed E-state index contributed by atoms with van der Waals surface area (Å²) < 4.78 is 5.58. The number of ether oxygens (including phenoxy) is 1. The SMILES string of the molecule is CCOC(=O)N(CC(B(c1ccc(C)c(Cl)c1)c1ccc(C)c(Cl)c1)c1ccccc1)C1CCNCC1. The van der Waals surface area contributed by atoms with Crippen LogP contribution < -0.4 is 16.2 Å². The van der Waals surface area contributed by atoms with Crippen LogP contribution >= 0.6 is 23.2 Å². The summed E-state index contributed by atoms with van der Waals surface area (Å²) >= 11 is 13.3. The zero-order valence-corrected chi connectivity index (χ0v) is 23.4. The summed E-state index contributed by atoms with van der Waals surface area (Å²) in [6, 6.07) is 23.1. The number of amides is 1. The summed E-state index contributed by atoms with van der Waals surface area (Å²) in [5, 5.41) is 4.87. The van der Waals surface area contributed by atoms with Crippen molar-refractivity contribution in [3.8, 4) is 0 Å². The van der Waals surface area contributed by atoms with Crippen LogP contribution in [0, 0.1) is 13.8 Å². The van der Waals surface area contributed by atoms with E-state index in [0.717, 1.165) is 63.6 Å². The Labute approximate surface area is 231 Å². The number of carbonyl (C=O) groups is 1. The van der Waals surface area contributed by atoms with Gasteiger partial charge in [0.15, 0.2) is 0 Å². The van der Waals surface area contributed by atoms with E-state index in [1.54, 1.807) is 0 Å². The molecule has 0 saturated carbocycles. The van der Waals surface area contributed by atoms with Gasteiger partial charge in [-0.1, -0.05) is 88.7 Å². The normalized spacial score (nSPS) is 14.7. The van der Waals surface area contributed by atoms with Gasteiger partial charge in [-0.05, 0) is 81.3 Å². The molecule has 4 nitrogen and oxygen atoms in total. The monoisotopic (exact) mass is 536 g/mol. The highest BCUT2D eigenvalue weighted by atomic mass is 35.5. The van der Waals surface area contributed by atoms with Gasteiger partial charge in [0.2, 0.25) is 6.71 Å². The number of hydrogen-bond acceptors (Lipinski definition) is 3. The molecule has 3 aromatic carbocycles. The fourth-order valence-electron chi connectivity index (χ4n) is 5.28. The lowest BCUT2D eigenvalue weighted by Crippen LogP contribution is -2.54. The van der Waals surface area contributed by atoms with Gasteiger partial charge in [-0.3, -0.25) is 0 Å². The Morgan fingerprint density at radius 1 is 0.973 bits per heavy atom. The first-order valence-corrected chi connectivity index (χ1v) is 13.9. The minimum absolute atomic E-state index is 0.0435. The quantitative estimate of drug-likeness (QED) is 0.372. The average Bonchev–Trinajstić information content (AvgIpc) is 2.91. The lowest BCUT2D eigenvalue weighted by Gasteiger charge is -2.38. The van der Waals surface area contributed by atoms with Gasteiger partial charge in [0.05, 0.1) is 6.61 Å². The van der Waals surface area contributed by atoms with E-state index in [1.165, 1.54) is 0 Å². The predicted octanol–water partition coefficient (Wildman–Crippen LogP) is 5.75. The van der Waals surface area contributed by atoms with Crippen LogP contribution in [-0.4, -0.2) is 50.0 Å². The molecule has 1 aliphatic heterocycles. The van der Waals surface area contributed by atoms with E-state index in [2.05, 4.69) is 66.0 Å². The fourth-order valence-corrected chi connectivity index (χ4v) is 5.65. The highest BCUT2D eigenvalue weighted by molar-refractivity contribution is 6.86. The molecule has 3 aromatic rings. The zero-order chi connectivity index (χ0) is 26.4. The second-order valence-electron chi connectivity index (χ2n) is 9.84. The summed E-state index contributed by atoms with van der Waals surface area (Å²) in [7, 11) is 0. The Kier molecular flexibility index (Phi) is 9.58. The van der Waals surface area contributed by atoms with Gasteiger partial charge in [-0.25, -0.2) is 4.79 Å².